The molecule has 0 aliphatic carbocycles. The maximum atomic E-state index is 12.0. The largest absolute Gasteiger partial charge is 0.378 e. The van der Waals surface area contributed by atoms with Crippen molar-refractivity contribution in [3.63, 3.8) is 0 Å². The third-order valence-corrected chi connectivity index (χ3v) is 4.17. The van der Waals surface area contributed by atoms with Crippen LogP contribution in [0.1, 0.15) is 32.3 Å². The van der Waals surface area contributed by atoms with E-state index < -0.39 is 11.6 Å². The molecule has 1 aliphatic rings. The van der Waals surface area contributed by atoms with Crippen LogP contribution in [0.15, 0.2) is 24.3 Å². The average molecular weight is 346 g/mol. The van der Waals surface area contributed by atoms with E-state index >= 15 is 0 Å². The summed E-state index contributed by atoms with van der Waals surface area (Å²) in [6, 6.07) is 7.56. The van der Waals surface area contributed by atoms with Crippen molar-refractivity contribution in [2.45, 2.75) is 38.8 Å². The van der Waals surface area contributed by atoms with Crippen molar-refractivity contribution in [2.75, 3.05) is 25.5 Å². The Balaban J connectivity index is 1.72. The van der Waals surface area contributed by atoms with Gasteiger partial charge in [-0.05, 0) is 38.0 Å². The van der Waals surface area contributed by atoms with Crippen molar-refractivity contribution < 1.29 is 14.4 Å². The van der Waals surface area contributed by atoms with Gasteiger partial charge in [-0.3, -0.25) is 14.5 Å². The fourth-order valence-corrected chi connectivity index (χ4v) is 2.62. The van der Waals surface area contributed by atoms with E-state index in [9.17, 15) is 14.4 Å². The minimum absolute atomic E-state index is 0.0944. The summed E-state index contributed by atoms with van der Waals surface area (Å²) < 4.78 is 0. The normalized spacial score (nSPS) is 15.9. The number of imide groups is 1. The van der Waals surface area contributed by atoms with Gasteiger partial charge in [0.1, 0.15) is 5.54 Å². The number of anilines is 1. The maximum absolute atomic E-state index is 12.0. The molecule has 0 radical (unpaired) electrons. The van der Waals surface area contributed by atoms with E-state index in [1.807, 2.05) is 43.3 Å². The minimum Gasteiger partial charge on any atom is -0.378 e. The van der Waals surface area contributed by atoms with Crippen molar-refractivity contribution in [3.05, 3.63) is 29.8 Å². The molecular weight excluding hydrogens is 320 g/mol. The van der Waals surface area contributed by atoms with Gasteiger partial charge in [0.15, 0.2) is 0 Å². The first-order chi connectivity index (χ1) is 11.7. The number of urea groups is 1. The predicted octanol–water partition coefficient (Wildman–Crippen LogP) is 1.48. The molecule has 7 heteroatoms. The summed E-state index contributed by atoms with van der Waals surface area (Å²) in [6.07, 6.45) is 0.716. The second-order valence-electron chi connectivity index (χ2n) is 6.95. The Hall–Kier alpha value is -2.57. The van der Waals surface area contributed by atoms with Crippen LogP contribution in [-0.2, 0) is 16.1 Å². The van der Waals surface area contributed by atoms with Crippen molar-refractivity contribution in [2.24, 2.45) is 0 Å². The first-order valence-corrected chi connectivity index (χ1v) is 8.38. The van der Waals surface area contributed by atoms with E-state index in [4.69, 9.17) is 0 Å². The van der Waals surface area contributed by atoms with E-state index in [0.717, 1.165) is 11.3 Å². The molecule has 1 aromatic carbocycles. The molecule has 7 nitrogen and oxygen atoms in total. The first-order valence-electron chi connectivity index (χ1n) is 8.38. The monoisotopic (exact) mass is 346 g/mol. The fourth-order valence-electron chi connectivity index (χ4n) is 2.62. The van der Waals surface area contributed by atoms with Gasteiger partial charge in [0.2, 0.25) is 5.91 Å². The number of carbonyl (C=O) groups excluding carboxylic acids is 3. The molecule has 1 saturated heterocycles. The molecule has 1 aromatic rings. The van der Waals surface area contributed by atoms with Crippen LogP contribution in [-0.4, -0.2) is 48.9 Å². The molecule has 0 bridgehead atoms. The first kappa shape index (κ1) is 18.8. The maximum Gasteiger partial charge on any atom is 0.325 e. The average Bonchev–Trinajstić information content (AvgIpc) is 2.74. The summed E-state index contributed by atoms with van der Waals surface area (Å²) in [4.78, 5) is 38.9. The van der Waals surface area contributed by atoms with Gasteiger partial charge in [-0.25, -0.2) is 4.79 Å². The van der Waals surface area contributed by atoms with E-state index in [-0.39, 0.29) is 24.8 Å². The van der Waals surface area contributed by atoms with Crippen molar-refractivity contribution in [1.29, 1.82) is 0 Å². The number of carbonyl (C=O) groups is 3. The summed E-state index contributed by atoms with van der Waals surface area (Å²) in [5.74, 6) is -0.345. The van der Waals surface area contributed by atoms with Crippen LogP contribution in [0.5, 0.6) is 0 Å². The summed E-state index contributed by atoms with van der Waals surface area (Å²) in [5, 5.41) is 5.48. The number of nitrogens with one attached hydrogen (secondary N) is 2. The highest BCUT2D eigenvalue weighted by Gasteiger charge is 2.43. The number of hydrogen-bond donors (Lipinski definition) is 2. The third-order valence-electron chi connectivity index (χ3n) is 4.17. The number of amides is 4. The van der Waals surface area contributed by atoms with Crippen LogP contribution in [0, 0.1) is 0 Å². The predicted molar refractivity (Wildman–Crippen MR) is 96.2 cm³/mol. The van der Waals surface area contributed by atoms with Gasteiger partial charge < -0.3 is 15.5 Å². The SMILES string of the molecule is CN(C)c1ccc(CNC(=O)CCCN2C(=O)NC(C)(C)C2=O)cc1. The zero-order valence-corrected chi connectivity index (χ0v) is 15.3. The highest BCUT2D eigenvalue weighted by Crippen LogP contribution is 2.17. The molecular formula is C18H26N4O3. The van der Waals surface area contributed by atoms with Crippen LogP contribution in [0.4, 0.5) is 10.5 Å². The number of nitrogens with zero attached hydrogens (tertiary/aromatic N) is 2. The molecule has 25 heavy (non-hydrogen) atoms. The summed E-state index contributed by atoms with van der Waals surface area (Å²) in [6.45, 7) is 4.05. The van der Waals surface area contributed by atoms with E-state index in [2.05, 4.69) is 10.6 Å². The molecule has 2 rings (SSSR count). The molecule has 4 amide bonds. The topological polar surface area (TPSA) is 81.8 Å². The fraction of sp³-hybridized carbons (Fsp3) is 0.500. The van der Waals surface area contributed by atoms with Crippen molar-refractivity contribution in [3.8, 4) is 0 Å². The van der Waals surface area contributed by atoms with Crippen LogP contribution < -0.4 is 15.5 Å². The Morgan fingerprint density at radius 3 is 2.36 bits per heavy atom. The highest BCUT2D eigenvalue weighted by molar-refractivity contribution is 6.06. The second-order valence-corrected chi connectivity index (χ2v) is 6.95. The molecule has 0 atom stereocenters. The molecule has 1 aliphatic heterocycles. The number of benzene rings is 1. The second kappa shape index (κ2) is 7.55. The molecule has 0 saturated carbocycles. The standard InChI is InChI=1S/C18H26N4O3/c1-18(2)16(24)22(17(25)20-18)11-5-6-15(23)19-12-13-7-9-14(10-8-13)21(3)4/h7-10H,5-6,11-12H2,1-4H3,(H,19,23)(H,20,25). The van der Waals surface area contributed by atoms with Gasteiger partial charge in [0, 0.05) is 39.3 Å². The Bertz CT molecular complexity index is 653. The summed E-state index contributed by atoms with van der Waals surface area (Å²) >= 11 is 0. The quantitative estimate of drug-likeness (QED) is 0.733. The van der Waals surface area contributed by atoms with Crippen LogP contribution in [0.25, 0.3) is 0 Å². The van der Waals surface area contributed by atoms with Gasteiger partial charge in [-0.1, -0.05) is 12.1 Å². The summed E-state index contributed by atoms with van der Waals surface area (Å²) in [5.41, 5.74) is 1.26. The smallest absolute Gasteiger partial charge is 0.325 e. The minimum atomic E-state index is -0.863. The molecule has 0 spiro atoms. The number of rotatable bonds is 7. The third kappa shape index (κ3) is 4.71. The highest BCUT2D eigenvalue weighted by atomic mass is 16.2. The molecule has 136 valence electrons. The molecule has 1 heterocycles. The van der Waals surface area contributed by atoms with Gasteiger partial charge in [0.25, 0.3) is 5.91 Å². The van der Waals surface area contributed by atoms with E-state index in [0.29, 0.717) is 13.0 Å². The lowest BCUT2D eigenvalue weighted by atomic mass is 10.1. The van der Waals surface area contributed by atoms with Crippen LogP contribution in [0.2, 0.25) is 0 Å². The van der Waals surface area contributed by atoms with Crippen LogP contribution in [0.3, 0.4) is 0 Å². The van der Waals surface area contributed by atoms with Crippen molar-refractivity contribution in [1.82, 2.24) is 15.5 Å². The molecule has 0 aromatic heterocycles. The van der Waals surface area contributed by atoms with E-state index in [1.54, 1.807) is 13.8 Å². The molecule has 2 N–H and O–H groups in total. The Kier molecular flexibility index (Phi) is 5.66. The Morgan fingerprint density at radius 2 is 1.84 bits per heavy atom. The zero-order chi connectivity index (χ0) is 18.6. The lowest BCUT2D eigenvalue weighted by Gasteiger charge is -2.15. The Labute approximate surface area is 148 Å². The van der Waals surface area contributed by atoms with Crippen molar-refractivity contribution >= 4 is 23.5 Å². The molecule has 0 unspecified atom stereocenters. The van der Waals surface area contributed by atoms with Gasteiger partial charge in [-0.2, -0.15) is 0 Å². The summed E-state index contributed by atoms with van der Waals surface area (Å²) in [7, 11) is 3.95. The van der Waals surface area contributed by atoms with E-state index in [1.165, 1.54) is 4.90 Å². The van der Waals surface area contributed by atoms with Crippen LogP contribution >= 0.6 is 0 Å². The van der Waals surface area contributed by atoms with Gasteiger partial charge >= 0.3 is 6.03 Å². The van der Waals surface area contributed by atoms with Gasteiger partial charge in [0.05, 0.1) is 0 Å². The Morgan fingerprint density at radius 1 is 1.20 bits per heavy atom. The zero-order valence-electron chi connectivity index (χ0n) is 15.3. The van der Waals surface area contributed by atoms with Gasteiger partial charge in [-0.15, -0.1) is 0 Å². The number of hydrogen-bond acceptors (Lipinski definition) is 4. The molecule has 1 fully saturated rings. The lowest BCUT2D eigenvalue weighted by Crippen LogP contribution is -2.40. The lowest BCUT2D eigenvalue weighted by molar-refractivity contribution is -0.130.